The van der Waals surface area contributed by atoms with Gasteiger partial charge in [0.05, 0.1) is 13.2 Å². The maximum Gasteiger partial charge on any atom is 0.187 e. The molecule has 0 saturated carbocycles. The van der Waals surface area contributed by atoms with Crippen LogP contribution in [0, 0.1) is 0 Å². The maximum absolute atomic E-state index is 10.9. The fourth-order valence-corrected chi connectivity index (χ4v) is 1.78. The van der Waals surface area contributed by atoms with Crippen molar-refractivity contribution >= 4 is 6.29 Å². The maximum atomic E-state index is 10.9. The topological polar surface area (TPSA) is 177 Å². The zero-order valence-corrected chi connectivity index (χ0v) is 11.0. The van der Waals surface area contributed by atoms with Gasteiger partial charge in [-0.05, 0) is 0 Å². The van der Waals surface area contributed by atoms with Crippen molar-refractivity contribution in [3.63, 3.8) is 0 Å². The van der Waals surface area contributed by atoms with E-state index in [4.69, 9.17) is 14.6 Å². The highest BCUT2D eigenvalue weighted by Gasteiger charge is 2.41. The summed E-state index contributed by atoms with van der Waals surface area (Å²) in [4.78, 5) is 10.9. The molecule has 0 aromatic rings. The molecule has 1 aliphatic rings. The normalized spacial score (nSPS) is 35.8. The van der Waals surface area contributed by atoms with Gasteiger partial charge in [0.1, 0.15) is 42.7 Å². The summed E-state index contributed by atoms with van der Waals surface area (Å²) in [5.41, 5.74) is 0. The average molecular weight is 312 g/mol. The monoisotopic (exact) mass is 312 g/mol. The standard InChI is InChI=1S/C11H20O10/c12-1-4(14)7(16)9(18)6(2-13)21-11-10(19)8(17)5(15)3-20-11/h2,4-12,14-19H,1,3H2/t4-,5-,6+,7-,8+,9-,10-,11?/m1/s1. The fourth-order valence-electron chi connectivity index (χ4n) is 1.78. The number of ether oxygens (including phenoxy) is 2. The lowest BCUT2D eigenvalue weighted by atomic mass is 10.0. The number of carbonyl (C=O) groups excluding carboxylic acids is 1. The van der Waals surface area contributed by atoms with Gasteiger partial charge < -0.3 is 50.0 Å². The second-order valence-electron chi connectivity index (χ2n) is 4.72. The number of aldehydes is 1. The van der Waals surface area contributed by atoms with Crippen molar-refractivity contribution in [2.45, 2.75) is 49.0 Å². The third-order valence-electron chi connectivity index (χ3n) is 3.15. The van der Waals surface area contributed by atoms with Crippen LogP contribution in [0.1, 0.15) is 0 Å². The fraction of sp³-hybridized carbons (Fsp3) is 0.909. The molecule has 21 heavy (non-hydrogen) atoms. The molecule has 0 aliphatic carbocycles. The van der Waals surface area contributed by atoms with Crippen LogP contribution in [-0.4, -0.2) is 104 Å². The third-order valence-corrected chi connectivity index (χ3v) is 3.15. The highest BCUT2D eigenvalue weighted by molar-refractivity contribution is 5.57. The summed E-state index contributed by atoms with van der Waals surface area (Å²) in [6.45, 7) is -1.22. The molecule has 10 nitrogen and oxygen atoms in total. The number of hydrogen-bond donors (Lipinski definition) is 7. The number of hydrogen-bond acceptors (Lipinski definition) is 10. The predicted octanol–water partition coefficient (Wildman–Crippen LogP) is -4.92. The van der Waals surface area contributed by atoms with Crippen LogP contribution in [0.15, 0.2) is 0 Å². The van der Waals surface area contributed by atoms with Crippen molar-refractivity contribution in [3.8, 4) is 0 Å². The van der Waals surface area contributed by atoms with Gasteiger partial charge in [-0.15, -0.1) is 0 Å². The van der Waals surface area contributed by atoms with Gasteiger partial charge in [-0.3, -0.25) is 0 Å². The lowest BCUT2D eigenvalue weighted by Gasteiger charge is -2.37. The molecule has 8 atom stereocenters. The largest absolute Gasteiger partial charge is 0.394 e. The molecule has 0 radical (unpaired) electrons. The van der Waals surface area contributed by atoms with Crippen LogP contribution in [-0.2, 0) is 14.3 Å². The first kappa shape index (κ1) is 18.4. The van der Waals surface area contributed by atoms with Gasteiger partial charge in [0, 0.05) is 0 Å². The lowest BCUT2D eigenvalue weighted by molar-refractivity contribution is -0.288. The highest BCUT2D eigenvalue weighted by atomic mass is 16.7. The number of aliphatic hydroxyl groups is 7. The van der Waals surface area contributed by atoms with Crippen LogP contribution in [0.5, 0.6) is 0 Å². The minimum atomic E-state index is -1.90. The number of rotatable bonds is 7. The molecule has 0 aromatic carbocycles. The Morgan fingerprint density at radius 1 is 1.14 bits per heavy atom. The lowest BCUT2D eigenvalue weighted by Crippen LogP contribution is -2.56. The van der Waals surface area contributed by atoms with Crippen LogP contribution in [0.4, 0.5) is 0 Å². The Balaban J connectivity index is 2.67. The van der Waals surface area contributed by atoms with Crippen LogP contribution < -0.4 is 0 Å². The Morgan fingerprint density at radius 2 is 1.76 bits per heavy atom. The second-order valence-corrected chi connectivity index (χ2v) is 4.72. The summed E-state index contributed by atoms with van der Waals surface area (Å²) in [6, 6.07) is 0. The van der Waals surface area contributed by atoms with Gasteiger partial charge >= 0.3 is 0 Å². The smallest absolute Gasteiger partial charge is 0.187 e. The van der Waals surface area contributed by atoms with Gasteiger partial charge in [-0.25, -0.2) is 0 Å². The molecule has 1 fully saturated rings. The van der Waals surface area contributed by atoms with Crippen LogP contribution in [0.3, 0.4) is 0 Å². The van der Waals surface area contributed by atoms with E-state index in [1.54, 1.807) is 0 Å². The summed E-state index contributed by atoms with van der Waals surface area (Å²) >= 11 is 0. The van der Waals surface area contributed by atoms with E-state index in [1.807, 2.05) is 0 Å². The molecule has 1 unspecified atom stereocenters. The van der Waals surface area contributed by atoms with E-state index in [2.05, 4.69) is 0 Å². The van der Waals surface area contributed by atoms with E-state index in [9.17, 15) is 35.4 Å². The SMILES string of the molecule is O=C[C@H](OC1OC[C@@H](O)[C@H](O)[C@H]1O)[C@@H](O)[C@H](O)[C@H](O)CO. The summed E-state index contributed by atoms with van der Waals surface area (Å²) in [7, 11) is 0. The van der Waals surface area contributed by atoms with Crippen molar-refractivity contribution in [3.05, 3.63) is 0 Å². The predicted molar refractivity (Wildman–Crippen MR) is 63.8 cm³/mol. The van der Waals surface area contributed by atoms with Gasteiger partial charge in [-0.1, -0.05) is 0 Å². The van der Waals surface area contributed by atoms with Crippen molar-refractivity contribution in [2.24, 2.45) is 0 Å². The van der Waals surface area contributed by atoms with E-state index < -0.39 is 55.6 Å². The third kappa shape index (κ3) is 4.39. The quantitative estimate of drug-likeness (QED) is 0.225. The molecule has 0 amide bonds. The summed E-state index contributed by atoms with van der Waals surface area (Å²) in [6.07, 6.45) is -13.2. The Labute approximate surface area is 119 Å². The van der Waals surface area contributed by atoms with Crippen molar-refractivity contribution in [1.82, 2.24) is 0 Å². The van der Waals surface area contributed by atoms with Crippen LogP contribution >= 0.6 is 0 Å². The van der Waals surface area contributed by atoms with Crippen LogP contribution in [0.25, 0.3) is 0 Å². The molecule has 10 heteroatoms. The highest BCUT2D eigenvalue weighted by Crippen LogP contribution is 2.19. The Bertz CT molecular complexity index is 326. The van der Waals surface area contributed by atoms with Crippen LogP contribution in [0.2, 0.25) is 0 Å². The van der Waals surface area contributed by atoms with Crippen molar-refractivity contribution < 1.29 is 50.0 Å². The molecule has 0 bridgehead atoms. The Hall–Kier alpha value is -0.690. The van der Waals surface area contributed by atoms with Gasteiger partial charge in [0.2, 0.25) is 0 Å². The minimum absolute atomic E-state index is 0.103. The second kappa shape index (κ2) is 8.08. The first-order valence-corrected chi connectivity index (χ1v) is 6.25. The van der Waals surface area contributed by atoms with E-state index in [0.29, 0.717) is 0 Å². The summed E-state index contributed by atoms with van der Waals surface area (Å²) in [5.74, 6) is 0. The summed E-state index contributed by atoms with van der Waals surface area (Å²) in [5, 5.41) is 65.3. The van der Waals surface area contributed by atoms with E-state index in [1.165, 1.54) is 0 Å². The molecule has 124 valence electrons. The van der Waals surface area contributed by atoms with Crippen molar-refractivity contribution in [2.75, 3.05) is 13.2 Å². The molecule has 1 saturated heterocycles. The molecule has 7 N–H and O–H groups in total. The van der Waals surface area contributed by atoms with E-state index in [-0.39, 0.29) is 12.9 Å². The number of aliphatic hydroxyl groups excluding tert-OH is 7. The molecule has 0 spiro atoms. The van der Waals surface area contributed by atoms with Gasteiger partial charge in [0.15, 0.2) is 12.6 Å². The zero-order chi connectivity index (χ0) is 16.2. The van der Waals surface area contributed by atoms with Crippen molar-refractivity contribution in [1.29, 1.82) is 0 Å². The summed E-state index contributed by atoms with van der Waals surface area (Å²) < 4.78 is 9.81. The Morgan fingerprint density at radius 3 is 2.29 bits per heavy atom. The average Bonchev–Trinajstić information content (AvgIpc) is 2.49. The first-order chi connectivity index (χ1) is 9.83. The molecule has 1 aliphatic heterocycles. The molecule has 0 aromatic heterocycles. The molecule has 1 rings (SSSR count). The Kier molecular flexibility index (Phi) is 7.06. The molecular formula is C11H20O10. The minimum Gasteiger partial charge on any atom is -0.394 e. The molecular weight excluding hydrogens is 292 g/mol. The number of carbonyl (C=O) groups is 1. The van der Waals surface area contributed by atoms with E-state index in [0.717, 1.165) is 0 Å². The van der Waals surface area contributed by atoms with Gasteiger partial charge in [-0.2, -0.15) is 0 Å². The zero-order valence-electron chi connectivity index (χ0n) is 11.0. The van der Waals surface area contributed by atoms with Gasteiger partial charge in [0.25, 0.3) is 0 Å². The molecule has 1 heterocycles. The first-order valence-electron chi connectivity index (χ1n) is 6.25. The van der Waals surface area contributed by atoms with E-state index >= 15 is 0 Å².